The Morgan fingerprint density at radius 2 is 2.04 bits per heavy atom. The molecule has 3 rings (SSSR count). The van der Waals surface area contributed by atoms with E-state index < -0.39 is 23.7 Å². The van der Waals surface area contributed by atoms with Gasteiger partial charge in [-0.15, -0.1) is 0 Å². The summed E-state index contributed by atoms with van der Waals surface area (Å²) in [4.78, 5) is 39.8. The van der Waals surface area contributed by atoms with E-state index >= 15 is 0 Å². The summed E-state index contributed by atoms with van der Waals surface area (Å²) in [7, 11) is 0. The molecule has 2 heterocycles. The molecule has 1 N–H and O–H groups in total. The molecular formula is C19H19FN2O4S2. The van der Waals surface area contributed by atoms with E-state index in [1.807, 2.05) is 0 Å². The number of carboxylic acid groups (broad SMARTS) is 1. The first-order valence-electron chi connectivity index (χ1n) is 8.82. The van der Waals surface area contributed by atoms with Gasteiger partial charge in [0.25, 0.3) is 5.91 Å². The van der Waals surface area contributed by atoms with E-state index in [2.05, 4.69) is 0 Å². The van der Waals surface area contributed by atoms with Gasteiger partial charge in [0.2, 0.25) is 5.91 Å². The summed E-state index contributed by atoms with van der Waals surface area (Å²) in [5, 5.41) is 9.08. The number of rotatable bonds is 4. The molecule has 1 unspecified atom stereocenters. The highest BCUT2D eigenvalue weighted by Crippen LogP contribution is 2.34. The van der Waals surface area contributed by atoms with Gasteiger partial charge >= 0.3 is 5.97 Å². The first-order valence-corrected chi connectivity index (χ1v) is 10.0. The molecule has 2 aliphatic heterocycles. The third-order valence-electron chi connectivity index (χ3n) is 4.87. The topological polar surface area (TPSA) is 77.9 Å². The van der Waals surface area contributed by atoms with Gasteiger partial charge in [0.15, 0.2) is 0 Å². The average Bonchev–Trinajstić information content (AvgIpc) is 2.94. The fraction of sp³-hybridized carbons (Fsp3) is 0.368. The second kappa shape index (κ2) is 8.40. The lowest BCUT2D eigenvalue weighted by Crippen LogP contribution is -2.51. The van der Waals surface area contributed by atoms with Crippen LogP contribution in [0.1, 0.15) is 25.3 Å². The number of aliphatic carboxylic acids is 1. The first kappa shape index (κ1) is 20.5. The first-order chi connectivity index (χ1) is 13.3. The Morgan fingerprint density at radius 3 is 2.64 bits per heavy atom. The van der Waals surface area contributed by atoms with E-state index in [1.54, 1.807) is 30.0 Å². The summed E-state index contributed by atoms with van der Waals surface area (Å²) in [5.74, 6) is -2.34. The summed E-state index contributed by atoms with van der Waals surface area (Å²) in [6, 6.07) is 5.07. The Labute approximate surface area is 171 Å². The number of hydrogen-bond donors (Lipinski definition) is 1. The van der Waals surface area contributed by atoms with E-state index in [-0.39, 0.29) is 16.1 Å². The van der Waals surface area contributed by atoms with Crippen LogP contribution in [0.4, 0.5) is 4.39 Å². The summed E-state index contributed by atoms with van der Waals surface area (Å²) in [5.41, 5.74) is 0.537. The summed E-state index contributed by atoms with van der Waals surface area (Å²) >= 11 is 6.37. The molecule has 6 nitrogen and oxygen atoms in total. The maximum absolute atomic E-state index is 13.4. The maximum Gasteiger partial charge on any atom is 0.306 e. The van der Waals surface area contributed by atoms with Crippen molar-refractivity contribution in [2.75, 3.05) is 13.1 Å². The van der Waals surface area contributed by atoms with Gasteiger partial charge in [-0.2, -0.15) is 0 Å². The Balaban J connectivity index is 1.71. The molecule has 1 aromatic rings. The number of thiocarbonyl (C=S) groups is 1. The van der Waals surface area contributed by atoms with Crippen molar-refractivity contribution in [2.45, 2.75) is 25.8 Å². The quantitative estimate of drug-likeness (QED) is 0.594. The van der Waals surface area contributed by atoms with Crippen LogP contribution in [0.5, 0.6) is 0 Å². The van der Waals surface area contributed by atoms with Gasteiger partial charge in [-0.05, 0) is 43.5 Å². The van der Waals surface area contributed by atoms with Crippen molar-refractivity contribution in [3.05, 3.63) is 40.6 Å². The Morgan fingerprint density at radius 1 is 1.36 bits per heavy atom. The predicted octanol–water partition coefficient (Wildman–Crippen LogP) is 2.74. The van der Waals surface area contributed by atoms with Gasteiger partial charge in [0.05, 0.1) is 10.8 Å². The van der Waals surface area contributed by atoms with Gasteiger partial charge in [-0.3, -0.25) is 19.3 Å². The number of amides is 2. The summed E-state index contributed by atoms with van der Waals surface area (Å²) < 4.78 is 13.6. The number of carbonyl (C=O) groups is 3. The molecule has 1 aromatic carbocycles. The van der Waals surface area contributed by atoms with E-state index in [0.29, 0.717) is 36.4 Å². The highest BCUT2D eigenvalue weighted by Gasteiger charge is 2.40. The van der Waals surface area contributed by atoms with Crippen molar-refractivity contribution in [2.24, 2.45) is 5.92 Å². The largest absolute Gasteiger partial charge is 0.481 e. The predicted molar refractivity (Wildman–Crippen MR) is 108 cm³/mol. The van der Waals surface area contributed by atoms with Crippen LogP contribution in [-0.2, 0) is 14.4 Å². The molecule has 0 saturated carbocycles. The molecule has 2 fully saturated rings. The van der Waals surface area contributed by atoms with Gasteiger partial charge in [0.1, 0.15) is 16.2 Å². The third-order valence-corrected chi connectivity index (χ3v) is 6.20. The second-order valence-electron chi connectivity index (χ2n) is 6.72. The van der Waals surface area contributed by atoms with Crippen LogP contribution in [0, 0.1) is 11.7 Å². The second-order valence-corrected chi connectivity index (χ2v) is 8.40. The molecule has 0 aliphatic carbocycles. The molecular weight excluding hydrogens is 403 g/mol. The lowest BCUT2D eigenvalue weighted by atomic mass is 9.96. The molecule has 0 aromatic heterocycles. The van der Waals surface area contributed by atoms with Crippen LogP contribution in [0.25, 0.3) is 6.08 Å². The van der Waals surface area contributed by atoms with Crippen LogP contribution >= 0.6 is 24.0 Å². The number of halogens is 1. The van der Waals surface area contributed by atoms with Crippen molar-refractivity contribution in [1.29, 1.82) is 0 Å². The SMILES string of the molecule is CC(C(=O)N1CCC(C(=O)O)CC1)N1C(=O)C(=Cc2cccc(F)c2)SC1=S. The molecule has 1 atom stereocenters. The smallest absolute Gasteiger partial charge is 0.306 e. The molecule has 2 aliphatic rings. The Bertz CT molecular complexity index is 865. The van der Waals surface area contributed by atoms with Gasteiger partial charge in [-0.1, -0.05) is 36.1 Å². The van der Waals surface area contributed by atoms with E-state index in [0.717, 1.165) is 11.8 Å². The zero-order valence-corrected chi connectivity index (χ0v) is 16.8. The molecule has 0 spiro atoms. The monoisotopic (exact) mass is 422 g/mol. The molecule has 2 amide bonds. The number of benzene rings is 1. The standard InChI is InChI=1S/C19H19FN2O4S2/c1-11(16(23)21-7-5-13(6-8-21)18(25)26)22-17(24)15(28-19(22)27)10-12-3-2-4-14(20)9-12/h2-4,9-11,13H,5-8H2,1H3,(H,25,26). The molecule has 28 heavy (non-hydrogen) atoms. The lowest BCUT2D eigenvalue weighted by Gasteiger charge is -2.34. The fourth-order valence-electron chi connectivity index (χ4n) is 3.28. The molecule has 2 saturated heterocycles. The number of carboxylic acids is 1. The summed E-state index contributed by atoms with van der Waals surface area (Å²) in [6.07, 6.45) is 2.34. The van der Waals surface area contributed by atoms with Crippen LogP contribution in [0.3, 0.4) is 0 Å². The number of carbonyl (C=O) groups excluding carboxylic acids is 2. The molecule has 148 valence electrons. The van der Waals surface area contributed by atoms with Crippen LogP contribution < -0.4 is 0 Å². The van der Waals surface area contributed by atoms with E-state index in [1.165, 1.54) is 17.0 Å². The van der Waals surface area contributed by atoms with Crippen molar-refractivity contribution in [3.8, 4) is 0 Å². The highest BCUT2D eigenvalue weighted by molar-refractivity contribution is 8.26. The number of likely N-dealkylation sites (tertiary alicyclic amines) is 1. The zero-order chi connectivity index (χ0) is 20.4. The maximum atomic E-state index is 13.4. The number of nitrogens with zero attached hydrogens (tertiary/aromatic N) is 2. The van der Waals surface area contributed by atoms with Crippen LogP contribution in [0.2, 0.25) is 0 Å². The number of piperidine rings is 1. The van der Waals surface area contributed by atoms with Crippen molar-refractivity contribution in [1.82, 2.24) is 9.80 Å². The van der Waals surface area contributed by atoms with Crippen molar-refractivity contribution < 1.29 is 23.9 Å². The van der Waals surface area contributed by atoms with E-state index in [4.69, 9.17) is 17.3 Å². The highest BCUT2D eigenvalue weighted by atomic mass is 32.2. The minimum absolute atomic E-state index is 0.257. The third kappa shape index (κ3) is 4.25. The van der Waals surface area contributed by atoms with Gasteiger partial charge in [0, 0.05) is 13.1 Å². The number of hydrogen-bond acceptors (Lipinski definition) is 5. The molecule has 0 radical (unpaired) electrons. The molecule has 9 heteroatoms. The Kier molecular flexibility index (Phi) is 6.14. The normalized spacial score (nSPS) is 20.7. The minimum atomic E-state index is -0.848. The zero-order valence-electron chi connectivity index (χ0n) is 15.1. The van der Waals surface area contributed by atoms with Gasteiger partial charge < -0.3 is 10.0 Å². The number of thioether (sulfide) groups is 1. The average molecular weight is 423 g/mol. The van der Waals surface area contributed by atoms with Crippen LogP contribution in [0.15, 0.2) is 29.2 Å². The fourth-order valence-corrected chi connectivity index (χ4v) is 4.70. The summed E-state index contributed by atoms with van der Waals surface area (Å²) in [6.45, 7) is 2.30. The molecule has 0 bridgehead atoms. The minimum Gasteiger partial charge on any atom is -0.481 e. The lowest BCUT2D eigenvalue weighted by molar-refractivity contribution is -0.147. The van der Waals surface area contributed by atoms with Crippen molar-refractivity contribution in [3.63, 3.8) is 0 Å². The Hall–Kier alpha value is -2.26. The van der Waals surface area contributed by atoms with Crippen molar-refractivity contribution >= 4 is 52.2 Å². The van der Waals surface area contributed by atoms with Crippen LogP contribution in [-0.4, -0.2) is 56.1 Å². The van der Waals surface area contributed by atoms with Gasteiger partial charge in [-0.25, -0.2) is 4.39 Å². The van der Waals surface area contributed by atoms with E-state index in [9.17, 15) is 18.8 Å².